The lowest BCUT2D eigenvalue weighted by Gasteiger charge is -2.28. The van der Waals surface area contributed by atoms with Gasteiger partial charge in [0.15, 0.2) is 5.76 Å². The second kappa shape index (κ2) is 8.35. The van der Waals surface area contributed by atoms with E-state index in [4.69, 9.17) is 4.42 Å². The monoisotopic (exact) mass is 392 g/mol. The number of furan rings is 1. The van der Waals surface area contributed by atoms with Crippen LogP contribution in [0.25, 0.3) is 0 Å². The van der Waals surface area contributed by atoms with Crippen LogP contribution in [-0.2, 0) is 17.8 Å². The molecule has 0 fully saturated rings. The highest BCUT2D eigenvalue weighted by Crippen LogP contribution is 2.35. The Balaban J connectivity index is 1.38. The number of nitrogens with zero attached hydrogens (tertiary/aromatic N) is 1. The van der Waals surface area contributed by atoms with Crippen LogP contribution in [0.3, 0.4) is 0 Å². The van der Waals surface area contributed by atoms with Gasteiger partial charge in [-0.1, -0.05) is 42.5 Å². The van der Waals surface area contributed by atoms with E-state index >= 15 is 0 Å². The Kier molecular flexibility index (Phi) is 5.48. The van der Waals surface area contributed by atoms with Crippen molar-refractivity contribution in [3.63, 3.8) is 0 Å². The average molecular weight is 392 g/mol. The van der Waals surface area contributed by atoms with E-state index in [0.29, 0.717) is 24.6 Å². The number of fused-ring (bicyclic) bond motifs is 1. The maximum absolute atomic E-state index is 12.4. The SMILES string of the molecule is O=C(NCCc1ccccc1)c1ccc(CN2C(=O)CSc3ccccc32)o1. The molecule has 4 rings (SSSR count). The van der Waals surface area contributed by atoms with E-state index < -0.39 is 0 Å². The zero-order chi connectivity index (χ0) is 19.3. The largest absolute Gasteiger partial charge is 0.454 e. The highest BCUT2D eigenvalue weighted by molar-refractivity contribution is 8.00. The Morgan fingerprint density at radius 2 is 1.82 bits per heavy atom. The molecular formula is C22H20N2O3S. The number of thioether (sulfide) groups is 1. The third-order valence-electron chi connectivity index (χ3n) is 4.55. The van der Waals surface area contributed by atoms with Gasteiger partial charge >= 0.3 is 0 Å². The van der Waals surface area contributed by atoms with Gasteiger partial charge in [-0.15, -0.1) is 11.8 Å². The zero-order valence-electron chi connectivity index (χ0n) is 15.3. The van der Waals surface area contributed by atoms with Crippen LogP contribution in [0.5, 0.6) is 0 Å². The summed E-state index contributed by atoms with van der Waals surface area (Å²) >= 11 is 1.54. The normalized spacial score (nSPS) is 13.3. The number of carbonyl (C=O) groups is 2. The smallest absolute Gasteiger partial charge is 0.287 e. The number of rotatable bonds is 6. The lowest BCUT2D eigenvalue weighted by molar-refractivity contribution is -0.116. The number of hydrogen-bond donors (Lipinski definition) is 1. The van der Waals surface area contributed by atoms with E-state index in [2.05, 4.69) is 5.32 Å². The summed E-state index contributed by atoms with van der Waals surface area (Å²) in [6.45, 7) is 0.849. The number of para-hydroxylation sites is 1. The van der Waals surface area contributed by atoms with Gasteiger partial charge in [-0.25, -0.2) is 0 Å². The van der Waals surface area contributed by atoms with Crippen LogP contribution in [0.4, 0.5) is 5.69 Å². The van der Waals surface area contributed by atoms with Gasteiger partial charge in [0, 0.05) is 11.4 Å². The van der Waals surface area contributed by atoms with Crippen molar-refractivity contribution in [2.75, 3.05) is 17.2 Å². The summed E-state index contributed by atoms with van der Waals surface area (Å²) in [4.78, 5) is 27.5. The molecule has 5 nitrogen and oxygen atoms in total. The van der Waals surface area contributed by atoms with Gasteiger partial charge in [-0.3, -0.25) is 9.59 Å². The number of anilines is 1. The highest BCUT2D eigenvalue weighted by Gasteiger charge is 2.25. The number of carbonyl (C=O) groups excluding carboxylic acids is 2. The van der Waals surface area contributed by atoms with Crippen LogP contribution in [0, 0.1) is 0 Å². The van der Waals surface area contributed by atoms with Crippen LogP contribution in [0.2, 0.25) is 0 Å². The average Bonchev–Trinajstić information content (AvgIpc) is 3.20. The van der Waals surface area contributed by atoms with Crippen molar-refractivity contribution >= 4 is 29.3 Å². The Bertz CT molecular complexity index is 984. The van der Waals surface area contributed by atoms with Gasteiger partial charge in [0.05, 0.1) is 18.0 Å². The zero-order valence-corrected chi connectivity index (χ0v) is 16.1. The summed E-state index contributed by atoms with van der Waals surface area (Å²) in [6, 6.07) is 21.2. The van der Waals surface area contributed by atoms with Crippen LogP contribution in [-0.4, -0.2) is 24.1 Å². The highest BCUT2D eigenvalue weighted by atomic mass is 32.2. The van der Waals surface area contributed by atoms with Gasteiger partial charge < -0.3 is 14.6 Å². The molecule has 0 unspecified atom stereocenters. The lowest BCUT2D eigenvalue weighted by Crippen LogP contribution is -2.34. The molecular weight excluding hydrogens is 372 g/mol. The molecule has 1 aliphatic rings. The summed E-state index contributed by atoms with van der Waals surface area (Å²) in [6.07, 6.45) is 0.761. The number of nitrogens with one attached hydrogen (secondary N) is 1. The van der Waals surface area contributed by atoms with Crippen molar-refractivity contribution in [2.24, 2.45) is 0 Å². The van der Waals surface area contributed by atoms with Gasteiger partial charge in [0.1, 0.15) is 5.76 Å². The fourth-order valence-corrected chi connectivity index (χ4v) is 4.06. The van der Waals surface area contributed by atoms with E-state index in [0.717, 1.165) is 17.0 Å². The Morgan fingerprint density at radius 1 is 1.04 bits per heavy atom. The first kappa shape index (κ1) is 18.4. The third-order valence-corrected chi connectivity index (χ3v) is 5.60. The molecule has 2 heterocycles. The molecule has 6 heteroatoms. The summed E-state index contributed by atoms with van der Waals surface area (Å²) in [5.41, 5.74) is 2.05. The van der Waals surface area contributed by atoms with Crippen molar-refractivity contribution in [3.8, 4) is 0 Å². The first-order chi connectivity index (χ1) is 13.7. The molecule has 2 aromatic carbocycles. The molecule has 2 amide bonds. The third kappa shape index (κ3) is 4.12. The van der Waals surface area contributed by atoms with Crippen molar-refractivity contribution in [1.29, 1.82) is 0 Å². The predicted octanol–water partition coefficient (Wildman–Crippen LogP) is 3.89. The minimum absolute atomic E-state index is 0.0361. The Morgan fingerprint density at radius 3 is 2.68 bits per heavy atom. The number of hydrogen-bond acceptors (Lipinski definition) is 4. The fraction of sp³-hybridized carbons (Fsp3) is 0.182. The maximum atomic E-state index is 12.4. The van der Waals surface area contributed by atoms with Crippen LogP contribution < -0.4 is 10.2 Å². The first-order valence-electron chi connectivity index (χ1n) is 9.14. The minimum atomic E-state index is -0.247. The molecule has 1 N–H and O–H groups in total. The molecule has 142 valence electrons. The van der Waals surface area contributed by atoms with Gasteiger partial charge in [-0.2, -0.15) is 0 Å². The van der Waals surface area contributed by atoms with Gasteiger partial charge in [0.25, 0.3) is 5.91 Å². The van der Waals surface area contributed by atoms with E-state index in [1.54, 1.807) is 28.8 Å². The molecule has 0 atom stereocenters. The predicted molar refractivity (Wildman–Crippen MR) is 110 cm³/mol. The topological polar surface area (TPSA) is 62.6 Å². The summed E-state index contributed by atoms with van der Waals surface area (Å²) in [5, 5.41) is 2.87. The van der Waals surface area contributed by atoms with Gasteiger partial charge in [-0.05, 0) is 36.2 Å². The second-order valence-electron chi connectivity index (χ2n) is 6.49. The van der Waals surface area contributed by atoms with E-state index in [-0.39, 0.29) is 17.6 Å². The minimum Gasteiger partial charge on any atom is -0.454 e. The molecule has 1 aliphatic heterocycles. The second-order valence-corrected chi connectivity index (χ2v) is 7.51. The lowest BCUT2D eigenvalue weighted by atomic mass is 10.1. The van der Waals surface area contributed by atoms with Crippen molar-refractivity contribution < 1.29 is 14.0 Å². The standard InChI is InChI=1S/C22H20N2O3S/c25-21-15-28-20-9-5-4-8-18(20)24(21)14-17-10-11-19(27-17)22(26)23-13-12-16-6-2-1-3-7-16/h1-11H,12-15H2,(H,23,26). The van der Waals surface area contributed by atoms with Crippen LogP contribution in [0.1, 0.15) is 21.9 Å². The Labute approximate surface area is 167 Å². The van der Waals surface area contributed by atoms with Crippen molar-refractivity contribution in [2.45, 2.75) is 17.9 Å². The molecule has 1 aromatic heterocycles. The number of benzene rings is 2. The van der Waals surface area contributed by atoms with Crippen LogP contribution in [0.15, 0.2) is 76.0 Å². The molecule has 0 saturated carbocycles. The quantitative estimate of drug-likeness (QED) is 0.691. The van der Waals surface area contributed by atoms with Crippen LogP contribution >= 0.6 is 11.8 Å². The molecule has 3 aromatic rings. The maximum Gasteiger partial charge on any atom is 0.287 e. The summed E-state index contributed by atoms with van der Waals surface area (Å²) < 4.78 is 5.70. The molecule has 0 saturated heterocycles. The molecule has 0 aliphatic carbocycles. The fourth-order valence-electron chi connectivity index (χ4n) is 3.12. The van der Waals surface area contributed by atoms with Crippen molar-refractivity contribution in [1.82, 2.24) is 5.32 Å². The van der Waals surface area contributed by atoms with E-state index in [9.17, 15) is 9.59 Å². The Hall–Kier alpha value is -2.99. The molecule has 0 spiro atoms. The van der Waals surface area contributed by atoms with E-state index in [1.807, 2.05) is 54.6 Å². The summed E-state index contributed by atoms with van der Waals surface area (Å²) in [7, 11) is 0. The number of amides is 2. The van der Waals surface area contributed by atoms with Gasteiger partial charge in [0.2, 0.25) is 5.91 Å². The van der Waals surface area contributed by atoms with Crippen molar-refractivity contribution in [3.05, 3.63) is 83.8 Å². The summed E-state index contributed by atoms with van der Waals surface area (Å²) in [5.74, 6) is 1.04. The molecule has 0 bridgehead atoms. The van der Waals surface area contributed by atoms with E-state index in [1.165, 1.54) is 5.56 Å². The first-order valence-corrected chi connectivity index (χ1v) is 10.1. The molecule has 0 radical (unpaired) electrons. The molecule has 28 heavy (non-hydrogen) atoms.